The van der Waals surface area contributed by atoms with Gasteiger partial charge in [0.2, 0.25) is 5.91 Å². The summed E-state index contributed by atoms with van der Waals surface area (Å²) in [6.07, 6.45) is 6.22. The second kappa shape index (κ2) is 7.43. The average Bonchev–Trinajstić information content (AvgIpc) is 3.03. The maximum absolute atomic E-state index is 12.1. The molecule has 3 rings (SSSR count). The van der Waals surface area contributed by atoms with Gasteiger partial charge in [-0.3, -0.25) is 4.79 Å². The van der Waals surface area contributed by atoms with Crippen LogP contribution in [-0.2, 0) is 4.79 Å². The van der Waals surface area contributed by atoms with E-state index < -0.39 is 0 Å². The van der Waals surface area contributed by atoms with Gasteiger partial charge in [-0.25, -0.2) is 5.01 Å². The van der Waals surface area contributed by atoms with E-state index in [2.05, 4.69) is 50.1 Å². The zero-order valence-electron chi connectivity index (χ0n) is 17.0. The first-order valence-corrected chi connectivity index (χ1v) is 9.70. The molecule has 0 saturated heterocycles. The van der Waals surface area contributed by atoms with Gasteiger partial charge in [0.25, 0.3) is 0 Å². The van der Waals surface area contributed by atoms with Crippen molar-refractivity contribution in [1.82, 2.24) is 5.01 Å². The van der Waals surface area contributed by atoms with Crippen molar-refractivity contribution in [1.29, 1.82) is 0 Å². The van der Waals surface area contributed by atoms with Crippen molar-refractivity contribution in [2.45, 2.75) is 66.0 Å². The number of hydrogen-bond acceptors (Lipinski definition) is 3. The van der Waals surface area contributed by atoms with Crippen LogP contribution in [-0.4, -0.2) is 27.8 Å². The summed E-state index contributed by atoms with van der Waals surface area (Å²) in [7, 11) is 0. The molecule has 27 heavy (non-hydrogen) atoms. The smallest absolute Gasteiger partial charge is 0.240 e. The van der Waals surface area contributed by atoms with Crippen LogP contribution in [0.5, 0.6) is 0 Å². The Kier molecular flexibility index (Phi) is 5.38. The molecule has 2 unspecified atom stereocenters. The van der Waals surface area contributed by atoms with Gasteiger partial charge in [0.1, 0.15) is 0 Å². The molecule has 2 atom stereocenters. The minimum absolute atomic E-state index is 0.0369. The molecule has 1 amide bonds. The monoisotopic (exact) mass is 366 g/mol. The van der Waals surface area contributed by atoms with E-state index in [9.17, 15) is 9.90 Å². The lowest BCUT2D eigenvalue weighted by atomic mass is 9.71. The Hall–Kier alpha value is -2.20. The van der Waals surface area contributed by atoms with Crippen molar-refractivity contribution in [3.63, 3.8) is 0 Å². The molecule has 0 saturated carbocycles. The van der Waals surface area contributed by atoms with Crippen LogP contribution in [0.1, 0.15) is 64.1 Å². The summed E-state index contributed by atoms with van der Waals surface area (Å²) in [6.45, 7) is 10.1. The third-order valence-corrected chi connectivity index (χ3v) is 5.82. The summed E-state index contributed by atoms with van der Waals surface area (Å²) < 4.78 is 0. The van der Waals surface area contributed by atoms with Crippen molar-refractivity contribution in [3.05, 3.63) is 58.7 Å². The van der Waals surface area contributed by atoms with Crippen LogP contribution in [0.2, 0.25) is 0 Å². The second-order valence-corrected chi connectivity index (χ2v) is 8.46. The molecule has 0 radical (unpaired) electrons. The number of carbonyl (C=O) groups is 1. The molecule has 1 aliphatic heterocycles. The maximum atomic E-state index is 12.1. The predicted molar refractivity (Wildman–Crippen MR) is 109 cm³/mol. The molecule has 1 heterocycles. The number of benzene rings is 1. The Balaban J connectivity index is 1.87. The normalized spacial score (nSPS) is 25.3. The van der Waals surface area contributed by atoms with Crippen LogP contribution in [0.15, 0.2) is 52.7 Å². The Morgan fingerprint density at radius 3 is 2.70 bits per heavy atom. The molecular formula is C23H30N2O2. The summed E-state index contributed by atoms with van der Waals surface area (Å²) in [6, 6.07) is 8.21. The first-order chi connectivity index (χ1) is 12.7. The summed E-state index contributed by atoms with van der Waals surface area (Å²) in [4.78, 5) is 12.1. The molecule has 4 nitrogen and oxygen atoms in total. The Labute approximate surface area is 162 Å². The van der Waals surface area contributed by atoms with Crippen molar-refractivity contribution in [3.8, 4) is 0 Å². The molecule has 4 heteroatoms. The fraction of sp³-hybridized carbons (Fsp3) is 0.478. The molecule has 144 valence electrons. The first kappa shape index (κ1) is 19.6. The number of aliphatic hydroxyl groups is 1. The lowest BCUT2D eigenvalue weighted by Crippen LogP contribution is -2.27. The highest BCUT2D eigenvalue weighted by Gasteiger charge is 2.32. The van der Waals surface area contributed by atoms with Gasteiger partial charge < -0.3 is 5.11 Å². The van der Waals surface area contributed by atoms with Crippen LogP contribution >= 0.6 is 0 Å². The fourth-order valence-electron chi connectivity index (χ4n) is 4.16. The highest BCUT2D eigenvalue weighted by molar-refractivity contribution is 5.98. The Morgan fingerprint density at radius 2 is 2.04 bits per heavy atom. The largest absolute Gasteiger partial charge is 0.389 e. The number of aliphatic hydroxyl groups excluding tert-OH is 1. The molecule has 1 N–H and O–H groups in total. The number of hydrogen-bond donors (Lipinski definition) is 1. The van der Waals surface area contributed by atoms with Gasteiger partial charge >= 0.3 is 0 Å². The van der Waals surface area contributed by atoms with Gasteiger partial charge in [-0.15, -0.1) is 0 Å². The molecule has 1 aromatic carbocycles. The summed E-state index contributed by atoms with van der Waals surface area (Å²) in [5.41, 5.74) is 5.44. The lowest BCUT2D eigenvalue weighted by molar-refractivity contribution is -0.130. The minimum atomic E-state index is -0.364. The Bertz CT molecular complexity index is 833. The predicted octanol–water partition coefficient (Wildman–Crippen LogP) is 4.70. The van der Waals surface area contributed by atoms with E-state index in [1.54, 1.807) is 11.9 Å². The van der Waals surface area contributed by atoms with Crippen LogP contribution in [0, 0.1) is 12.3 Å². The van der Waals surface area contributed by atoms with Crippen molar-refractivity contribution < 1.29 is 9.90 Å². The first-order valence-electron chi connectivity index (χ1n) is 9.70. The van der Waals surface area contributed by atoms with E-state index >= 15 is 0 Å². The summed E-state index contributed by atoms with van der Waals surface area (Å²) >= 11 is 0. The number of amides is 1. The van der Waals surface area contributed by atoms with E-state index in [1.165, 1.54) is 11.1 Å². The molecule has 0 fully saturated rings. The Morgan fingerprint density at radius 1 is 1.30 bits per heavy atom. The fourth-order valence-corrected chi connectivity index (χ4v) is 4.16. The molecule has 1 aromatic rings. The van der Waals surface area contributed by atoms with Crippen LogP contribution in [0.3, 0.4) is 0 Å². The van der Waals surface area contributed by atoms with Gasteiger partial charge in [0.15, 0.2) is 0 Å². The van der Waals surface area contributed by atoms with E-state index in [0.29, 0.717) is 6.42 Å². The summed E-state index contributed by atoms with van der Waals surface area (Å²) in [5, 5.41) is 16.4. The number of nitrogens with zero attached hydrogens (tertiary/aromatic N) is 2. The lowest BCUT2D eigenvalue weighted by Gasteiger charge is -2.35. The van der Waals surface area contributed by atoms with Crippen molar-refractivity contribution >= 4 is 11.6 Å². The number of allylic oxidation sites excluding steroid dienone is 3. The molecule has 0 bridgehead atoms. The topological polar surface area (TPSA) is 52.9 Å². The van der Waals surface area contributed by atoms with E-state index in [0.717, 1.165) is 29.7 Å². The highest BCUT2D eigenvalue weighted by atomic mass is 16.3. The van der Waals surface area contributed by atoms with E-state index in [-0.39, 0.29) is 23.5 Å². The van der Waals surface area contributed by atoms with Gasteiger partial charge in [0.05, 0.1) is 17.9 Å². The average molecular weight is 367 g/mol. The van der Waals surface area contributed by atoms with Gasteiger partial charge in [-0.1, -0.05) is 49.8 Å². The molecule has 1 aliphatic carbocycles. The highest BCUT2D eigenvalue weighted by Crippen LogP contribution is 2.41. The number of carbonyl (C=O) groups excluding carboxylic acids is 1. The third-order valence-electron chi connectivity index (χ3n) is 5.82. The molecule has 0 aromatic heterocycles. The number of hydrazone groups is 1. The number of rotatable bonds is 3. The van der Waals surface area contributed by atoms with Gasteiger partial charge in [-0.2, -0.15) is 5.10 Å². The standard InChI is InChI=1S/C23H30N2O2/c1-15-7-6-8-18(13-15)21-14-19(24-25(21)17(3)26)9-10-20-16(2)22(27)11-12-23(20,4)5/h6-10,13,21-22,27H,11-12,14H2,1-5H3/b10-9+. The molecule has 0 spiro atoms. The van der Waals surface area contributed by atoms with Crippen molar-refractivity contribution in [2.75, 3.05) is 0 Å². The number of aryl methyl sites for hydroxylation is 1. The van der Waals surface area contributed by atoms with Gasteiger partial charge in [0, 0.05) is 13.3 Å². The SMILES string of the molecule is CC(=O)N1N=C(/C=C/C2=C(C)C(O)CCC2(C)C)CC1c1cccc(C)c1. The van der Waals surface area contributed by atoms with Crippen LogP contribution in [0.4, 0.5) is 0 Å². The zero-order valence-corrected chi connectivity index (χ0v) is 17.0. The maximum Gasteiger partial charge on any atom is 0.240 e. The molecule has 2 aliphatic rings. The van der Waals surface area contributed by atoms with Gasteiger partial charge in [-0.05, 0) is 54.9 Å². The van der Waals surface area contributed by atoms with E-state index in [4.69, 9.17) is 0 Å². The zero-order chi connectivity index (χ0) is 19.8. The van der Waals surface area contributed by atoms with Crippen LogP contribution < -0.4 is 0 Å². The minimum Gasteiger partial charge on any atom is -0.389 e. The summed E-state index contributed by atoms with van der Waals surface area (Å²) in [5.74, 6) is -0.0475. The molecular weight excluding hydrogens is 336 g/mol. The van der Waals surface area contributed by atoms with E-state index in [1.807, 2.05) is 19.1 Å². The quantitative estimate of drug-likeness (QED) is 0.843. The van der Waals surface area contributed by atoms with Crippen LogP contribution in [0.25, 0.3) is 0 Å². The third kappa shape index (κ3) is 4.06. The van der Waals surface area contributed by atoms with Crippen molar-refractivity contribution in [2.24, 2.45) is 10.5 Å². The second-order valence-electron chi connectivity index (χ2n) is 8.46.